The molecule has 1 heterocycles. The first-order valence-corrected chi connectivity index (χ1v) is 15.2. The number of halogens is 3. The molecule has 0 radical (unpaired) electrons. The summed E-state index contributed by atoms with van der Waals surface area (Å²) in [6.07, 6.45) is 4.18. The monoisotopic (exact) mass is 647 g/mol. The molecule has 6 nitrogen and oxygen atoms in total. The third-order valence-electron chi connectivity index (χ3n) is 7.64. The van der Waals surface area contributed by atoms with Gasteiger partial charge in [0.05, 0.1) is 27.7 Å². The molecule has 0 fully saturated rings. The Hall–Kier alpha value is -2.32. The summed E-state index contributed by atoms with van der Waals surface area (Å²) in [6.45, 7) is 3.74. The van der Waals surface area contributed by atoms with Gasteiger partial charge in [-0.1, -0.05) is 29.3 Å². The molecule has 0 bridgehead atoms. The number of ketones is 2. The molecular formula is C31H32BrCl2NO5. The highest BCUT2D eigenvalue weighted by Gasteiger charge is 2.43. The SMILES string of the molecule is CCOc1cc(C2C3=C(CCCC3=O)N(CCOC)C3=C2C(=O)CCC3)cc(Br)c1OCc1ccc(Cl)c(Cl)c1. The van der Waals surface area contributed by atoms with Crippen molar-refractivity contribution in [2.75, 3.05) is 26.9 Å². The lowest BCUT2D eigenvalue weighted by atomic mass is 9.71. The Bertz CT molecular complexity index is 1360. The summed E-state index contributed by atoms with van der Waals surface area (Å²) in [5.74, 6) is 0.858. The highest BCUT2D eigenvalue weighted by molar-refractivity contribution is 9.10. The van der Waals surface area contributed by atoms with Gasteiger partial charge in [-0.3, -0.25) is 9.59 Å². The Kier molecular flexibility index (Phi) is 9.25. The molecular weight excluding hydrogens is 617 g/mol. The van der Waals surface area contributed by atoms with E-state index in [1.165, 1.54) is 0 Å². The quantitative estimate of drug-likeness (QED) is 0.277. The molecule has 0 N–H and O–H groups in total. The van der Waals surface area contributed by atoms with E-state index >= 15 is 0 Å². The number of nitrogens with zero attached hydrogens (tertiary/aromatic N) is 1. The second-order valence-corrected chi connectivity index (χ2v) is 11.8. The maximum absolute atomic E-state index is 13.5. The van der Waals surface area contributed by atoms with Crippen LogP contribution >= 0.6 is 39.1 Å². The fourth-order valence-corrected chi connectivity index (χ4v) is 6.84. The van der Waals surface area contributed by atoms with Crippen molar-refractivity contribution in [3.63, 3.8) is 0 Å². The first kappa shape index (κ1) is 29.2. The van der Waals surface area contributed by atoms with Gasteiger partial charge in [-0.15, -0.1) is 0 Å². The molecule has 212 valence electrons. The third-order valence-corrected chi connectivity index (χ3v) is 8.97. The maximum Gasteiger partial charge on any atom is 0.175 e. The van der Waals surface area contributed by atoms with Crippen molar-refractivity contribution < 1.29 is 23.8 Å². The Morgan fingerprint density at radius 3 is 2.20 bits per heavy atom. The van der Waals surface area contributed by atoms with E-state index in [1.54, 1.807) is 19.2 Å². The molecule has 5 rings (SSSR count). The highest BCUT2D eigenvalue weighted by Crippen LogP contribution is 2.51. The van der Waals surface area contributed by atoms with Crippen LogP contribution < -0.4 is 9.47 Å². The van der Waals surface area contributed by atoms with Crippen molar-refractivity contribution >= 4 is 50.7 Å². The van der Waals surface area contributed by atoms with E-state index in [0.717, 1.165) is 59.4 Å². The first-order valence-electron chi connectivity index (χ1n) is 13.7. The summed E-state index contributed by atoms with van der Waals surface area (Å²) in [5, 5.41) is 0.942. The zero-order valence-electron chi connectivity index (χ0n) is 22.7. The van der Waals surface area contributed by atoms with Crippen LogP contribution in [0.25, 0.3) is 0 Å². The second kappa shape index (κ2) is 12.7. The number of Topliss-reactive ketones (excluding diaryl/α,β-unsaturated/α-hetero) is 2. The Balaban J connectivity index is 1.59. The van der Waals surface area contributed by atoms with E-state index < -0.39 is 5.92 Å². The van der Waals surface area contributed by atoms with Crippen molar-refractivity contribution in [3.8, 4) is 11.5 Å². The lowest BCUT2D eigenvalue weighted by molar-refractivity contribution is -0.117. The van der Waals surface area contributed by atoms with Gasteiger partial charge in [0, 0.05) is 55.0 Å². The average Bonchev–Trinajstić information content (AvgIpc) is 2.93. The maximum atomic E-state index is 13.5. The lowest BCUT2D eigenvalue weighted by Gasteiger charge is -2.44. The molecule has 0 saturated heterocycles. The Morgan fingerprint density at radius 1 is 0.925 bits per heavy atom. The van der Waals surface area contributed by atoms with E-state index in [2.05, 4.69) is 20.8 Å². The van der Waals surface area contributed by atoms with Gasteiger partial charge in [0.2, 0.25) is 0 Å². The van der Waals surface area contributed by atoms with E-state index in [1.807, 2.05) is 25.1 Å². The van der Waals surface area contributed by atoms with Crippen molar-refractivity contribution in [1.82, 2.24) is 4.90 Å². The summed E-state index contributed by atoms with van der Waals surface area (Å²) < 4.78 is 18.3. The van der Waals surface area contributed by atoms with Crippen molar-refractivity contribution in [2.24, 2.45) is 0 Å². The topological polar surface area (TPSA) is 65.1 Å². The Morgan fingerprint density at radius 2 is 1.60 bits per heavy atom. The molecule has 1 aliphatic heterocycles. The summed E-state index contributed by atoms with van der Waals surface area (Å²) in [6, 6.07) is 9.26. The number of benzene rings is 2. The summed E-state index contributed by atoms with van der Waals surface area (Å²) >= 11 is 16.0. The van der Waals surface area contributed by atoms with Gasteiger partial charge in [-0.05, 0) is 83.9 Å². The number of carbonyl (C=O) groups excluding carboxylic acids is 2. The summed E-state index contributed by atoms with van der Waals surface area (Å²) in [7, 11) is 1.67. The van der Waals surface area contributed by atoms with Gasteiger partial charge in [0.1, 0.15) is 6.61 Å². The minimum atomic E-state index is -0.441. The van der Waals surface area contributed by atoms with E-state index in [9.17, 15) is 9.59 Å². The largest absolute Gasteiger partial charge is 0.490 e. The zero-order chi connectivity index (χ0) is 28.4. The molecule has 2 aromatic rings. The van der Waals surface area contributed by atoms with Gasteiger partial charge < -0.3 is 19.1 Å². The molecule has 0 saturated carbocycles. The predicted octanol–water partition coefficient (Wildman–Crippen LogP) is 7.79. The molecule has 9 heteroatoms. The van der Waals surface area contributed by atoms with Gasteiger partial charge >= 0.3 is 0 Å². The zero-order valence-corrected chi connectivity index (χ0v) is 25.8. The highest BCUT2D eigenvalue weighted by atomic mass is 79.9. The van der Waals surface area contributed by atoms with Gasteiger partial charge in [0.25, 0.3) is 0 Å². The van der Waals surface area contributed by atoms with Crippen LogP contribution in [-0.2, 0) is 20.9 Å². The van der Waals surface area contributed by atoms with Crippen molar-refractivity contribution in [1.29, 1.82) is 0 Å². The van der Waals surface area contributed by atoms with Crippen LogP contribution in [0.3, 0.4) is 0 Å². The van der Waals surface area contributed by atoms with E-state index in [-0.39, 0.29) is 18.2 Å². The summed E-state index contributed by atoms with van der Waals surface area (Å²) in [4.78, 5) is 29.3. The van der Waals surface area contributed by atoms with E-state index in [0.29, 0.717) is 58.6 Å². The van der Waals surface area contributed by atoms with Gasteiger partial charge in [-0.2, -0.15) is 0 Å². The molecule has 0 atom stereocenters. The van der Waals surface area contributed by atoms with Crippen LogP contribution in [0, 0.1) is 0 Å². The Labute approximate surface area is 253 Å². The van der Waals surface area contributed by atoms with Crippen LogP contribution in [0.2, 0.25) is 10.0 Å². The average molecular weight is 649 g/mol. The molecule has 3 aliphatic rings. The summed E-state index contributed by atoms with van der Waals surface area (Å²) in [5.41, 5.74) is 5.22. The van der Waals surface area contributed by atoms with Crippen LogP contribution in [0.5, 0.6) is 11.5 Å². The van der Waals surface area contributed by atoms with Gasteiger partial charge in [-0.25, -0.2) is 0 Å². The number of hydrogen-bond donors (Lipinski definition) is 0. The molecule has 2 aliphatic carbocycles. The van der Waals surface area contributed by atoms with Gasteiger partial charge in [0.15, 0.2) is 23.1 Å². The first-order chi connectivity index (χ1) is 19.3. The third kappa shape index (κ3) is 5.71. The molecule has 0 unspecified atom stereocenters. The lowest BCUT2D eigenvalue weighted by Crippen LogP contribution is -2.40. The minimum Gasteiger partial charge on any atom is -0.490 e. The number of rotatable bonds is 9. The second-order valence-electron chi connectivity index (χ2n) is 10.2. The molecule has 2 aromatic carbocycles. The molecule has 40 heavy (non-hydrogen) atoms. The predicted molar refractivity (Wildman–Crippen MR) is 159 cm³/mol. The smallest absolute Gasteiger partial charge is 0.175 e. The van der Waals surface area contributed by atoms with Crippen LogP contribution in [0.15, 0.2) is 57.3 Å². The number of methoxy groups -OCH3 is 1. The van der Waals surface area contributed by atoms with Crippen molar-refractivity contribution in [2.45, 2.75) is 58.0 Å². The normalized spacial score (nSPS) is 17.8. The van der Waals surface area contributed by atoms with E-state index in [4.69, 9.17) is 37.4 Å². The minimum absolute atomic E-state index is 0.104. The molecule has 0 spiro atoms. The fourth-order valence-electron chi connectivity index (χ4n) is 5.94. The number of allylic oxidation sites excluding steroid dienone is 4. The fraction of sp³-hybridized carbons (Fsp3) is 0.419. The molecule has 0 aromatic heterocycles. The number of carbonyl (C=O) groups is 2. The standard InChI is InChI=1S/C31H32BrCl2NO5/c1-3-39-27-16-19(15-20(32)31(27)40-17-18-10-11-21(33)22(34)14-18)28-29-23(6-4-8-25(29)36)35(12-13-38-2)24-7-5-9-26(37)30(24)28/h10-11,14-16,28H,3-9,12-13,17H2,1-2H3. The molecule has 0 amide bonds. The van der Waals surface area contributed by atoms with Crippen LogP contribution in [-0.4, -0.2) is 43.3 Å². The van der Waals surface area contributed by atoms with Crippen LogP contribution in [0.1, 0.15) is 62.5 Å². The number of hydrogen-bond acceptors (Lipinski definition) is 6. The van der Waals surface area contributed by atoms with Crippen LogP contribution in [0.4, 0.5) is 0 Å². The number of ether oxygens (including phenoxy) is 3. The van der Waals surface area contributed by atoms with Crippen molar-refractivity contribution in [3.05, 3.63) is 78.5 Å².